The third kappa shape index (κ3) is 3.44. The molecular weight excluding hydrogens is 215 g/mol. The molecule has 0 saturated heterocycles. The molecule has 1 aromatic rings. The maximum absolute atomic E-state index is 5.91. The molecule has 0 unspecified atom stereocenters. The van der Waals surface area contributed by atoms with Gasteiger partial charge in [-0.3, -0.25) is 0 Å². The fourth-order valence-electron chi connectivity index (χ4n) is 1.20. The van der Waals surface area contributed by atoms with E-state index in [1.165, 1.54) is 0 Å². The van der Waals surface area contributed by atoms with Gasteiger partial charge in [0.1, 0.15) is 5.82 Å². The molecule has 0 spiro atoms. The summed E-state index contributed by atoms with van der Waals surface area (Å²) in [6.07, 6.45) is 1.73. The lowest BCUT2D eigenvalue weighted by molar-refractivity contribution is -0.114. The molecule has 5 heteroatoms. The van der Waals surface area contributed by atoms with E-state index in [4.69, 9.17) is 15.1 Å². The third-order valence-electron chi connectivity index (χ3n) is 3.41. The molecule has 1 heterocycles. The van der Waals surface area contributed by atoms with Gasteiger partial charge in [0.15, 0.2) is 0 Å². The Morgan fingerprint density at radius 3 is 2.29 bits per heavy atom. The molecule has 1 aromatic heterocycles. The molecule has 0 aliphatic heterocycles. The van der Waals surface area contributed by atoms with E-state index in [-0.39, 0.29) is 11.2 Å². The van der Waals surface area contributed by atoms with Crippen LogP contribution in [0.5, 0.6) is 0 Å². The van der Waals surface area contributed by atoms with Gasteiger partial charge in [-0.1, -0.05) is 6.07 Å². The van der Waals surface area contributed by atoms with Gasteiger partial charge in [-0.25, -0.2) is 4.98 Å². The molecule has 4 nitrogen and oxygen atoms in total. The molecular formula is C12H21BN2O2. The summed E-state index contributed by atoms with van der Waals surface area (Å²) in [5, 5.41) is 0. The van der Waals surface area contributed by atoms with Crippen molar-refractivity contribution in [1.29, 1.82) is 0 Å². The van der Waals surface area contributed by atoms with Gasteiger partial charge in [-0.2, -0.15) is 0 Å². The number of rotatable bonds is 5. The van der Waals surface area contributed by atoms with E-state index < -0.39 is 0 Å². The maximum Gasteiger partial charge on any atom is 0.311 e. The summed E-state index contributed by atoms with van der Waals surface area (Å²) in [6, 6.07) is 3.69. The van der Waals surface area contributed by atoms with Crippen molar-refractivity contribution in [3.63, 3.8) is 0 Å². The van der Waals surface area contributed by atoms with Crippen LogP contribution in [0.25, 0.3) is 0 Å². The second kappa shape index (κ2) is 5.06. The van der Waals surface area contributed by atoms with E-state index in [0.717, 1.165) is 5.46 Å². The highest BCUT2D eigenvalue weighted by molar-refractivity contribution is 6.46. The zero-order valence-electron chi connectivity index (χ0n) is 11.3. The molecule has 0 saturated carbocycles. The van der Waals surface area contributed by atoms with E-state index >= 15 is 0 Å². The van der Waals surface area contributed by atoms with Gasteiger partial charge in [0.2, 0.25) is 0 Å². The lowest BCUT2D eigenvalue weighted by atomic mass is 9.83. The van der Waals surface area contributed by atoms with Gasteiger partial charge in [0, 0.05) is 13.3 Å². The Morgan fingerprint density at radius 1 is 1.18 bits per heavy atom. The summed E-state index contributed by atoms with van der Waals surface area (Å²) in [4.78, 5) is 4.03. The maximum atomic E-state index is 5.91. The molecule has 0 amide bonds. The van der Waals surface area contributed by atoms with Gasteiger partial charge in [-0.15, -0.1) is 0 Å². The smallest absolute Gasteiger partial charge is 0.311 e. The van der Waals surface area contributed by atoms with Gasteiger partial charge < -0.3 is 15.1 Å². The predicted molar refractivity (Wildman–Crippen MR) is 71.7 cm³/mol. The van der Waals surface area contributed by atoms with Crippen LogP contribution in [0.4, 0.5) is 5.82 Å². The van der Waals surface area contributed by atoms with E-state index in [2.05, 4.69) is 4.98 Å². The fourth-order valence-corrected chi connectivity index (χ4v) is 1.20. The van der Waals surface area contributed by atoms with Crippen LogP contribution >= 0.6 is 0 Å². The number of anilines is 1. The van der Waals surface area contributed by atoms with Crippen LogP contribution < -0.4 is 11.2 Å². The van der Waals surface area contributed by atoms with Crippen molar-refractivity contribution in [2.45, 2.75) is 38.9 Å². The summed E-state index contributed by atoms with van der Waals surface area (Å²) in [6.45, 7) is 8.05. The highest BCUT2D eigenvalue weighted by Crippen LogP contribution is 2.27. The Kier molecular flexibility index (Phi) is 4.17. The third-order valence-corrected chi connectivity index (χ3v) is 3.41. The van der Waals surface area contributed by atoms with Crippen molar-refractivity contribution >= 4 is 18.8 Å². The summed E-state index contributed by atoms with van der Waals surface area (Å²) in [5.41, 5.74) is 5.79. The number of nitrogens with zero attached hydrogens (tertiary/aromatic N) is 1. The van der Waals surface area contributed by atoms with Crippen molar-refractivity contribution in [3.05, 3.63) is 18.3 Å². The summed E-state index contributed by atoms with van der Waals surface area (Å²) < 4.78 is 11.4. The SMILES string of the molecule is COC(C)(C)C(C)(C)OBc1ccc(N)nc1. The Hall–Kier alpha value is -1.07. The molecule has 0 aliphatic rings. The zero-order valence-corrected chi connectivity index (χ0v) is 11.3. The Labute approximate surface area is 104 Å². The second-order valence-corrected chi connectivity index (χ2v) is 5.10. The van der Waals surface area contributed by atoms with Crippen molar-refractivity contribution in [1.82, 2.24) is 4.98 Å². The first-order valence-electron chi connectivity index (χ1n) is 5.68. The van der Waals surface area contributed by atoms with E-state index in [1.54, 1.807) is 19.4 Å². The number of hydrogen-bond donors (Lipinski definition) is 1. The first-order valence-corrected chi connectivity index (χ1v) is 5.68. The van der Waals surface area contributed by atoms with Gasteiger partial charge in [0.25, 0.3) is 0 Å². The molecule has 0 fully saturated rings. The quantitative estimate of drug-likeness (QED) is 0.770. The monoisotopic (exact) mass is 236 g/mol. The normalized spacial score (nSPS) is 12.5. The summed E-state index contributed by atoms with van der Waals surface area (Å²) in [7, 11) is 2.18. The second-order valence-electron chi connectivity index (χ2n) is 5.10. The highest BCUT2D eigenvalue weighted by atomic mass is 16.5. The van der Waals surface area contributed by atoms with Crippen LogP contribution in [-0.2, 0) is 9.39 Å². The standard InChI is InChI=1S/C12H21BN2O2/c1-11(2,16-5)12(3,4)17-13-9-6-7-10(14)15-8-9/h6-8,13H,1-5H3,(H2,14,15). The van der Waals surface area contributed by atoms with Crippen LogP contribution in [0, 0.1) is 0 Å². The van der Waals surface area contributed by atoms with Crippen molar-refractivity contribution in [3.8, 4) is 0 Å². The number of aromatic nitrogens is 1. The van der Waals surface area contributed by atoms with Crippen molar-refractivity contribution in [2.24, 2.45) is 0 Å². The first kappa shape index (κ1) is 14.0. The molecule has 0 aliphatic carbocycles. The van der Waals surface area contributed by atoms with E-state index in [0.29, 0.717) is 13.3 Å². The molecule has 0 atom stereocenters. The van der Waals surface area contributed by atoms with Gasteiger partial charge >= 0.3 is 7.48 Å². The number of pyridine rings is 1. The largest absolute Gasteiger partial charge is 0.427 e. The van der Waals surface area contributed by atoms with Gasteiger partial charge in [0.05, 0.1) is 11.2 Å². The number of nitrogen functional groups attached to an aromatic ring is 1. The average Bonchev–Trinajstić information content (AvgIpc) is 2.28. The molecule has 2 N–H and O–H groups in total. The molecule has 1 rings (SSSR count). The minimum atomic E-state index is -0.386. The number of methoxy groups -OCH3 is 1. The van der Waals surface area contributed by atoms with Crippen molar-refractivity contribution < 1.29 is 9.39 Å². The lowest BCUT2D eigenvalue weighted by Gasteiger charge is -2.40. The Balaban J connectivity index is 2.64. The van der Waals surface area contributed by atoms with Crippen LogP contribution in [0.15, 0.2) is 18.3 Å². The van der Waals surface area contributed by atoms with E-state index in [1.807, 2.05) is 33.8 Å². The fraction of sp³-hybridized carbons (Fsp3) is 0.583. The number of hydrogen-bond acceptors (Lipinski definition) is 4. The van der Waals surface area contributed by atoms with Crippen LogP contribution in [-0.4, -0.2) is 30.8 Å². The molecule has 0 aromatic carbocycles. The minimum absolute atomic E-state index is 0.353. The summed E-state index contributed by atoms with van der Waals surface area (Å²) in [5.74, 6) is 0.519. The van der Waals surface area contributed by atoms with Crippen LogP contribution in [0.2, 0.25) is 0 Å². The highest BCUT2D eigenvalue weighted by Gasteiger charge is 2.37. The molecule has 94 valence electrons. The topological polar surface area (TPSA) is 57.4 Å². The Bertz CT molecular complexity index is 363. The van der Waals surface area contributed by atoms with Gasteiger partial charge in [-0.05, 0) is 39.2 Å². The van der Waals surface area contributed by atoms with E-state index in [9.17, 15) is 0 Å². The first-order chi connectivity index (χ1) is 7.78. The lowest BCUT2D eigenvalue weighted by Crippen LogP contribution is -2.50. The predicted octanol–water partition coefficient (Wildman–Crippen LogP) is 0.861. The number of nitrogens with two attached hydrogens (primary N) is 1. The zero-order chi connectivity index (χ0) is 13.1. The molecule has 0 bridgehead atoms. The molecule has 17 heavy (non-hydrogen) atoms. The molecule has 0 radical (unpaired) electrons. The number of ether oxygens (including phenoxy) is 1. The minimum Gasteiger partial charge on any atom is -0.427 e. The summed E-state index contributed by atoms with van der Waals surface area (Å²) >= 11 is 0. The van der Waals surface area contributed by atoms with Crippen LogP contribution in [0.3, 0.4) is 0 Å². The Morgan fingerprint density at radius 2 is 1.82 bits per heavy atom. The average molecular weight is 236 g/mol. The van der Waals surface area contributed by atoms with Crippen molar-refractivity contribution in [2.75, 3.05) is 12.8 Å². The van der Waals surface area contributed by atoms with Crippen LogP contribution in [0.1, 0.15) is 27.7 Å².